The van der Waals surface area contributed by atoms with Crippen LogP contribution in [0.25, 0.3) is 33.6 Å². The van der Waals surface area contributed by atoms with E-state index in [1.165, 1.54) is 0 Å². The molecule has 0 fully saturated rings. The summed E-state index contributed by atoms with van der Waals surface area (Å²) in [5, 5.41) is 10.7. The van der Waals surface area contributed by atoms with E-state index in [9.17, 15) is 5.26 Å². The summed E-state index contributed by atoms with van der Waals surface area (Å²) < 4.78 is 0. The molecular formula is C19H14N4. The van der Waals surface area contributed by atoms with Crippen molar-refractivity contribution >= 4 is 33.6 Å². The van der Waals surface area contributed by atoms with Gasteiger partial charge in [0, 0.05) is 22.2 Å². The number of nitrogens with one attached hydrogen (secondary N) is 2. The number of fused-ring (bicyclic) bond motifs is 2. The fourth-order valence-electron chi connectivity index (χ4n) is 2.86. The Kier molecular flexibility index (Phi) is 2.99. The molecule has 110 valence electrons. The Morgan fingerprint density at radius 1 is 1.04 bits per heavy atom. The van der Waals surface area contributed by atoms with E-state index in [4.69, 9.17) is 0 Å². The smallest absolute Gasteiger partial charge is 0.149 e. The molecule has 0 spiro atoms. The molecule has 0 saturated carbocycles. The van der Waals surface area contributed by atoms with Crippen LogP contribution in [0.15, 0.2) is 48.5 Å². The zero-order chi connectivity index (χ0) is 15.8. The van der Waals surface area contributed by atoms with Gasteiger partial charge in [-0.15, -0.1) is 0 Å². The molecule has 2 aromatic carbocycles. The van der Waals surface area contributed by atoms with Crippen molar-refractivity contribution in [2.45, 2.75) is 6.92 Å². The number of aryl methyl sites for hydroxylation is 1. The van der Waals surface area contributed by atoms with Gasteiger partial charge in [0.25, 0.3) is 0 Å². The van der Waals surface area contributed by atoms with Gasteiger partial charge in [-0.05, 0) is 31.2 Å². The lowest BCUT2D eigenvalue weighted by atomic mass is 10.1. The van der Waals surface area contributed by atoms with Crippen LogP contribution in [0.3, 0.4) is 0 Å². The average Bonchev–Trinajstić information content (AvgIpc) is 3.13. The molecule has 4 nitrogen and oxygen atoms in total. The van der Waals surface area contributed by atoms with Crippen LogP contribution in [0.2, 0.25) is 0 Å². The van der Waals surface area contributed by atoms with E-state index in [2.05, 4.69) is 27.1 Å². The first-order valence-electron chi connectivity index (χ1n) is 7.40. The molecule has 0 atom stereocenters. The van der Waals surface area contributed by atoms with Crippen molar-refractivity contribution < 1.29 is 0 Å². The highest BCUT2D eigenvalue weighted by Gasteiger charge is 2.11. The van der Waals surface area contributed by atoms with Gasteiger partial charge < -0.3 is 9.97 Å². The molecule has 0 aliphatic heterocycles. The number of aromatic amines is 2. The number of aromatic nitrogens is 3. The number of nitriles is 1. The Labute approximate surface area is 133 Å². The Bertz CT molecular complexity index is 1060. The Balaban J connectivity index is 1.90. The normalized spacial score (nSPS) is 11.9. The molecule has 0 saturated heterocycles. The fourth-order valence-corrected chi connectivity index (χ4v) is 2.86. The fraction of sp³-hybridized carbons (Fsp3) is 0.0526. The van der Waals surface area contributed by atoms with E-state index in [0.29, 0.717) is 11.4 Å². The van der Waals surface area contributed by atoms with Crippen LogP contribution in [0.4, 0.5) is 0 Å². The molecule has 0 unspecified atom stereocenters. The van der Waals surface area contributed by atoms with E-state index in [1.54, 1.807) is 0 Å². The van der Waals surface area contributed by atoms with Gasteiger partial charge in [0.2, 0.25) is 0 Å². The minimum absolute atomic E-state index is 0.522. The second-order valence-corrected chi connectivity index (χ2v) is 5.48. The highest BCUT2D eigenvalue weighted by atomic mass is 14.9. The largest absolute Gasteiger partial charge is 0.358 e. The van der Waals surface area contributed by atoms with Gasteiger partial charge in [-0.2, -0.15) is 5.26 Å². The van der Waals surface area contributed by atoms with E-state index in [-0.39, 0.29) is 0 Å². The van der Waals surface area contributed by atoms with Crippen LogP contribution in [-0.4, -0.2) is 15.0 Å². The Hall–Kier alpha value is -3.32. The summed E-state index contributed by atoms with van der Waals surface area (Å²) in [4.78, 5) is 11.1. The van der Waals surface area contributed by atoms with E-state index in [0.717, 1.165) is 33.2 Å². The van der Waals surface area contributed by atoms with E-state index in [1.807, 2.05) is 55.5 Å². The Morgan fingerprint density at radius 2 is 1.78 bits per heavy atom. The van der Waals surface area contributed by atoms with Crippen LogP contribution in [0, 0.1) is 18.3 Å². The number of hydrogen-bond acceptors (Lipinski definition) is 2. The summed E-state index contributed by atoms with van der Waals surface area (Å²) in [6.45, 7) is 2.01. The molecule has 0 bridgehead atoms. The van der Waals surface area contributed by atoms with Crippen LogP contribution < -0.4 is 0 Å². The summed E-state index contributed by atoms with van der Waals surface area (Å²) in [5.41, 5.74) is 5.44. The third-order valence-electron chi connectivity index (χ3n) is 4.00. The van der Waals surface area contributed by atoms with Crippen molar-refractivity contribution in [3.05, 3.63) is 65.6 Å². The monoisotopic (exact) mass is 298 g/mol. The standard InChI is InChI=1S/C19H14N4/c1-12-15(14-6-2-3-7-16(14)21-12)10-13(11-20)19-22-17-8-4-5-9-18(17)23-19/h2-10,21H,1H3,(H,22,23)/b13-10-. The van der Waals surface area contributed by atoms with Gasteiger partial charge in [0.1, 0.15) is 11.9 Å². The number of rotatable bonds is 2. The first-order chi connectivity index (χ1) is 11.3. The Morgan fingerprint density at radius 3 is 2.57 bits per heavy atom. The molecule has 0 amide bonds. The quantitative estimate of drug-likeness (QED) is 0.538. The zero-order valence-corrected chi connectivity index (χ0v) is 12.6. The summed E-state index contributed by atoms with van der Waals surface area (Å²) >= 11 is 0. The van der Waals surface area contributed by atoms with Gasteiger partial charge in [-0.25, -0.2) is 4.98 Å². The molecule has 2 N–H and O–H groups in total. The number of imidazole rings is 1. The molecule has 4 heteroatoms. The van der Waals surface area contributed by atoms with Gasteiger partial charge >= 0.3 is 0 Å². The van der Waals surface area contributed by atoms with Crippen LogP contribution >= 0.6 is 0 Å². The molecule has 4 rings (SSSR count). The zero-order valence-electron chi connectivity index (χ0n) is 12.6. The van der Waals surface area contributed by atoms with Crippen LogP contribution in [0.1, 0.15) is 17.1 Å². The molecule has 4 aromatic rings. The topological polar surface area (TPSA) is 68.3 Å². The first kappa shape index (κ1) is 13.4. The van der Waals surface area contributed by atoms with Crippen LogP contribution in [0.5, 0.6) is 0 Å². The van der Waals surface area contributed by atoms with Gasteiger partial charge in [0.15, 0.2) is 0 Å². The number of para-hydroxylation sites is 3. The van der Waals surface area contributed by atoms with Crippen molar-refractivity contribution in [1.82, 2.24) is 15.0 Å². The van der Waals surface area contributed by atoms with Crippen molar-refractivity contribution in [1.29, 1.82) is 5.26 Å². The highest BCUT2D eigenvalue weighted by molar-refractivity contribution is 5.98. The molecule has 23 heavy (non-hydrogen) atoms. The third-order valence-corrected chi connectivity index (χ3v) is 4.00. The maximum absolute atomic E-state index is 9.58. The van der Waals surface area contributed by atoms with Crippen molar-refractivity contribution in [3.8, 4) is 6.07 Å². The number of benzene rings is 2. The SMILES string of the molecule is Cc1[nH]c2ccccc2c1/C=C(/C#N)c1nc2ccccc2[nH]1. The van der Waals surface area contributed by atoms with E-state index >= 15 is 0 Å². The van der Waals surface area contributed by atoms with Crippen molar-refractivity contribution in [2.24, 2.45) is 0 Å². The second-order valence-electron chi connectivity index (χ2n) is 5.48. The molecule has 0 aliphatic rings. The highest BCUT2D eigenvalue weighted by Crippen LogP contribution is 2.26. The van der Waals surface area contributed by atoms with Gasteiger partial charge in [-0.1, -0.05) is 30.3 Å². The minimum Gasteiger partial charge on any atom is -0.358 e. The lowest BCUT2D eigenvalue weighted by Gasteiger charge is -1.96. The predicted octanol–water partition coefficient (Wildman–Crippen LogP) is 4.42. The molecule has 0 aliphatic carbocycles. The predicted molar refractivity (Wildman–Crippen MR) is 92.6 cm³/mol. The molecule has 0 radical (unpaired) electrons. The summed E-state index contributed by atoms with van der Waals surface area (Å²) in [5.74, 6) is 0.596. The molecule has 2 aromatic heterocycles. The number of hydrogen-bond donors (Lipinski definition) is 2. The van der Waals surface area contributed by atoms with E-state index < -0.39 is 0 Å². The van der Waals surface area contributed by atoms with Crippen molar-refractivity contribution in [3.63, 3.8) is 0 Å². The van der Waals surface area contributed by atoms with Crippen molar-refractivity contribution in [2.75, 3.05) is 0 Å². The number of allylic oxidation sites excluding steroid dienone is 1. The molecular weight excluding hydrogens is 284 g/mol. The number of H-pyrrole nitrogens is 2. The average molecular weight is 298 g/mol. The summed E-state index contributed by atoms with van der Waals surface area (Å²) in [7, 11) is 0. The third kappa shape index (κ3) is 2.19. The number of nitrogens with zero attached hydrogens (tertiary/aromatic N) is 2. The van der Waals surface area contributed by atoms with Gasteiger partial charge in [-0.3, -0.25) is 0 Å². The molecule has 2 heterocycles. The van der Waals surface area contributed by atoms with Gasteiger partial charge in [0.05, 0.1) is 16.6 Å². The lowest BCUT2D eigenvalue weighted by molar-refractivity contribution is 1.27. The lowest BCUT2D eigenvalue weighted by Crippen LogP contribution is -1.85. The minimum atomic E-state index is 0.522. The second kappa shape index (κ2) is 5.15. The summed E-state index contributed by atoms with van der Waals surface area (Å²) in [6.07, 6.45) is 1.89. The first-order valence-corrected chi connectivity index (χ1v) is 7.40. The maximum atomic E-state index is 9.58. The maximum Gasteiger partial charge on any atom is 0.149 e. The summed E-state index contributed by atoms with van der Waals surface area (Å²) in [6, 6.07) is 18.1. The van der Waals surface area contributed by atoms with Crippen LogP contribution in [-0.2, 0) is 0 Å².